The molecule has 0 radical (unpaired) electrons. The summed E-state index contributed by atoms with van der Waals surface area (Å²) < 4.78 is 18.7. The van der Waals surface area contributed by atoms with E-state index >= 15 is 0 Å². The second-order valence-electron chi connectivity index (χ2n) is 10.1. The van der Waals surface area contributed by atoms with Crippen LogP contribution in [0, 0.1) is 11.7 Å². The molecule has 1 fully saturated rings. The maximum atomic E-state index is 14.7. The molecule has 2 aromatic heterocycles. The average molecular weight is 457 g/mol. The van der Waals surface area contributed by atoms with Crippen LogP contribution >= 0.6 is 0 Å². The van der Waals surface area contributed by atoms with E-state index < -0.39 is 0 Å². The number of halogens is 1. The molecule has 1 unspecified atom stereocenters. The predicted octanol–water partition coefficient (Wildman–Crippen LogP) is 6.46. The molecule has 0 saturated heterocycles. The Bertz CT molecular complexity index is 1380. The summed E-state index contributed by atoms with van der Waals surface area (Å²) in [6.45, 7) is 4.27. The molecule has 2 aliphatic rings. The van der Waals surface area contributed by atoms with Crippen molar-refractivity contribution in [3.63, 3.8) is 0 Å². The Morgan fingerprint density at radius 2 is 1.97 bits per heavy atom. The molecule has 1 aliphatic carbocycles. The summed E-state index contributed by atoms with van der Waals surface area (Å²) >= 11 is 0. The molecular weight excluding hydrogens is 427 g/mol. The van der Waals surface area contributed by atoms with Crippen LogP contribution in [0.5, 0.6) is 0 Å². The van der Waals surface area contributed by atoms with Crippen LogP contribution in [-0.4, -0.2) is 25.1 Å². The van der Waals surface area contributed by atoms with E-state index in [0.717, 1.165) is 42.5 Å². The summed E-state index contributed by atoms with van der Waals surface area (Å²) in [6.07, 6.45) is 9.73. The number of Topliss-reactive ketones (excluding diaryl/α,β-unsaturated/α-hetero) is 1. The molecule has 174 valence electrons. The summed E-state index contributed by atoms with van der Waals surface area (Å²) in [5.74, 6) is 0.527. The van der Waals surface area contributed by atoms with Gasteiger partial charge in [0, 0.05) is 41.1 Å². The third-order valence-electron chi connectivity index (χ3n) is 7.79. The maximum Gasteiger partial charge on any atom is 0.138 e. The lowest BCUT2D eigenvalue weighted by Gasteiger charge is -2.29. The van der Waals surface area contributed by atoms with Gasteiger partial charge in [0.2, 0.25) is 0 Å². The van der Waals surface area contributed by atoms with Gasteiger partial charge >= 0.3 is 0 Å². The molecule has 0 N–H and O–H groups in total. The van der Waals surface area contributed by atoms with E-state index in [1.807, 2.05) is 15.3 Å². The molecule has 3 heterocycles. The van der Waals surface area contributed by atoms with E-state index in [9.17, 15) is 9.18 Å². The second kappa shape index (κ2) is 8.19. The summed E-state index contributed by atoms with van der Waals surface area (Å²) in [5.41, 5.74) is 4.76. The Morgan fingerprint density at radius 1 is 1.15 bits per heavy atom. The number of benzene rings is 2. The standard InChI is InChI=1S/C28H29FN4O/c1-17(2)33-15-21-12-20(10-11-24(21)31-33)18-6-8-19(9-7-18)27(34)13-25-28-22(4-3-5-23(28)29)26-14-30-16-32(25)26/h3-5,10-12,14-19,25H,6-9,13H2,1-2H3. The van der Waals surface area contributed by atoms with Crippen LogP contribution in [0.15, 0.2) is 55.1 Å². The first-order valence-electron chi connectivity index (χ1n) is 12.3. The predicted molar refractivity (Wildman–Crippen MR) is 130 cm³/mol. The van der Waals surface area contributed by atoms with Crippen molar-refractivity contribution in [2.24, 2.45) is 5.92 Å². The van der Waals surface area contributed by atoms with Crippen molar-refractivity contribution in [1.82, 2.24) is 19.3 Å². The molecule has 1 aliphatic heterocycles. The lowest BCUT2D eigenvalue weighted by Crippen LogP contribution is -2.24. The van der Waals surface area contributed by atoms with Crippen LogP contribution in [-0.2, 0) is 4.79 Å². The summed E-state index contributed by atoms with van der Waals surface area (Å²) in [6, 6.07) is 11.8. The van der Waals surface area contributed by atoms with E-state index in [0.29, 0.717) is 23.9 Å². The van der Waals surface area contributed by atoms with Crippen LogP contribution in [0.4, 0.5) is 4.39 Å². The zero-order chi connectivity index (χ0) is 23.4. The van der Waals surface area contributed by atoms with Crippen LogP contribution < -0.4 is 0 Å². The fraction of sp³-hybridized carbons (Fsp3) is 0.393. The number of hydrogen-bond donors (Lipinski definition) is 0. The molecule has 6 rings (SSSR count). The van der Waals surface area contributed by atoms with Crippen molar-refractivity contribution in [3.05, 3.63) is 72.1 Å². The molecule has 0 amide bonds. The van der Waals surface area contributed by atoms with E-state index in [2.05, 4.69) is 48.3 Å². The smallest absolute Gasteiger partial charge is 0.138 e. The number of ketones is 1. The number of nitrogens with zero attached hydrogens (tertiary/aromatic N) is 4. The molecule has 2 aromatic carbocycles. The number of rotatable bonds is 5. The second-order valence-corrected chi connectivity index (χ2v) is 10.1. The minimum atomic E-state index is -0.293. The van der Waals surface area contributed by atoms with Crippen LogP contribution in [0.2, 0.25) is 0 Å². The normalized spacial score (nSPS) is 21.7. The van der Waals surface area contributed by atoms with E-state index in [1.165, 1.54) is 17.0 Å². The van der Waals surface area contributed by atoms with Crippen molar-refractivity contribution in [2.45, 2.75) is 64.0 Å². The largest absolute Gasteiger partial charge is 0.322 e. The molecule has 5 nitrogen and oxygen atoms in total. The monoisotopic (exact) mass is 456 g/mol. The van der Waals surface area contributed by atoms with Gasteiger partial charge in [0.15, 0.2) is 0 Å². The zero-order valence-electron chi connectivity index (χ0n) is 19.6. The highest BCUT2D eigenvalue weighted by Gasteiger charge is 2.35. The van der Waals surface area contributed by atoms with Crippen LogP contribution in [0.1, 0.15) is 75.1 Å². The summed E-state index contributed by atoms with van der Waals surface area (Å²) in [7, 11) is 0. The highest BCUT2D eigenvalue weighted by molar-refractivity contribution is 5.83. The van der Waals surface area contributed by atoms with Crippen molar-refractivity contribution in [2.75, 3.05) is 0 Å². The topological polar surface area (TPSA) is 52.7 Å². The highest BCUT2D eigenvalue weighted by atomic mass is 19.1. The van der Waals surface area contributed by atoms with Gasteiger partial charge in [-0.25, -0.2) is 9.37 Å². The first-order chi connectivity index (χ1) is 16.5. The van der Waals surface area contributed by atoms with Gasteiger partial charge in [-0.2, -0.15) is 5.10 Å². The first kappa shape index (κ1) is 21.3. The highest BCUT2D eigenvalue weighted by Crippen LogP contribution is 2.44. The average Bonchev–Trinajstić information content (AvgIpc) is 3.55. The van der Waals surface area contributed by atoms with Gasteiger partial charge in [0.25, 0.3) is 0 Å². The summed E-state index contributed by atoms with van der Waals surface area (Å²) in [4.78, 5) is 17.6. The fourth-order valence-electron chi connectivity index (χ4n) is 5.89. The number of hydrogen-bond acceptors (Lipinski definition) is 3. The molecule has 1 atom stereocenters. The van der Waals surface area contributed by atoms with Gasteiger partial charge in [-0.05, 0) is 69.2 Å². The number of aromatic nitrogens is 4. The van der Waals surface area contributed by atoms with Gasteiger partial charge < -0.3 is 4.57 Å². The zero-order valence-corrected chi connectivity index (χ0v) is 19.6. The van der Waals surface area contributed by atoms with Crippen molar-refractivity contribution in [1.29, 1.82) is 0 Å². The molecular formula is C28H29FN4O. The third kappa shape index (κ3) is 3.47. The maximum absolute atomic E-state index is 14.7. The van der Waals surface area contributed by atoms with E-state index in [-0.39, 0.29) is 23.6 Å². The van der Waals surface area contributed by atoms with Crippen LogP contribution in [0.25, 0.3) is 22.2 Å². The molecule has 0 spiro atoms. The molecule has 6 heteroatoms. The fourth-order valence-corrected chi connectivity index (χ4v) is 5.89. The Kier molecular flexibility index (Phi) is 5.12. The molecule has 0 bridgehead atoms. The molecule has 4 aromatic rings. The number of imidazole rings is 1. The minimum absolute atomic E-state index is 0.0477. The summed E-state index contributed by atoms with van der Waals surface area (Å²) in [5, 5.41) is 5.84. The lowest BCUT2D eigenvalue weighted by molar-refractivity contribution is -0.124. The lowest BCUT2D eigenvalue weighted by atomic mass is 9.76. The Hall–Kier alpha value is -3.28. The Morgan fingerprint density at radius 3 is 2.76 bits per heavy atom. The SMILES string of the molecule is CC(C)n1cc2cc(C3CCC(C(=O)CC4c5c(F)cccc5-c5cncn54)CC3)ccc2n1. The van der Waals surface area contributed by atoms with Crippen molar-refractivity contribution >= 4 is 16.7 Å². The quantitative estimate of drug-likeness (QED) is 0.346. The van der Waals surface area contributed by atoms with Crippen molar-refractivity contribution < 1.29 is 9.18 Å². The van der Waals surface area contributed by atoms with Gasteiger partial charge in [-0.1, -0.05) is 18.2 Å². The third-order valence-corrected chi connectivity index (χ3v) is 7.79. The van der Waals surface area contributed by atoms with E-state index in [4.69, 9.17) is 0 Å². The Labute approximate surface area is 198 Å². The number of carbonyl (C=O) groups is 1. The molecule has 1 saturated carbocycles. The Balaban J connectivity index is 1.15. The van der Waals surface area contributed by atoms with E-state index in [1.54, 1.807) is 18.6 Å². The van der Waals surface area contributed by atoms with Crippen LogP contribution in [0.3, 0.4) is 0 Å². The van der Waals surface area contributed by atoms with Gasteiger partial charge in [-0.15, -0.1) is 0 Å². The van der Waals surface area contributed by atoms with Gasteiger partial charge in [0.05, 0.1) is 29.8 Å². The van der Waals surface area contributed by atoms with Crippen molar-refractivity contribution in [3.8, 4) is 11.3 Å². The minimum Gasteiger partial charge on any atom is -0.322 e. The first-order valence-corrected chi connectivity index (χ1v) is 12.3. The number of fused-ring (bicyclic) bond motifs is 4. The van der Waals surface area contributed by atoms with Gasteiger partial charge in [0.1, 0.15) is 11.6 Å². The number of carbonyl (C=O) groups excluding carboxylic acids is 1. The van der Waals surface area contributed by atoms with Gasteiger partial charge in [-0.3, -0.25) is 9.48 Å². The molecule has 34 heavy (non-hydrogen) atoms.